The molecule has 1 amide bonds. The molecule has 7 heteroatoms. The van der Waals surface area contributed by atoms with Gasteiger partial charge in [-0.25, -0.2) is 4.98 Å². The molecule has 0 saturated carbocycles. The van der Waals surface area contributed by atoms with Gasteiger partial charge in [0.1, 0.15) is 11.5 Å². The predicted octanol–water partition coefficient (Wildman–Crippen LogP) is 4.66. The number of fused-ring (bicyclic) bond motifs is 1. The van der Waals surface area contributed by atoms with Crippen molar-refractivity contribution >= 4 is 23.8 Å². The second kappa shape index (κ2) is 13.9. The Bertz CT molecular complexity index is 888. The summed E-state index contributed by atoms with van der Waals surface area (Å²) in [6.45, 7) is 8.84. The van der Waals surface area contributed by atoms with Crippen molar-refractivity contribution in [3.63, 3.8) is 0 Å². The van der Waals surface area contributed by atoms with Crippen molar-refractivity contribution in [2.24, 2.45) is 0 Å². The molecule has 1 aromatic heterocycles. The molecule has 174 valence electrons. The highest BCUT2D eigenvalue weighted by atomic mass is 35.5. The average molecular weight is 459 g/mol. The molecule has 1 N–H and O–H groups in total. The number of hydrogen-bond donors (Lipinski definition) is 1. The van der Waals surface area contributed by atoms with Gasteiger partial charge in [-0.05, 0) is 37.4 Å². The zero-order valence-corrected chi connectivity index (χ0v) is 20.1. The molecule has 4 rings (SSSR count). The van der Waals surface area contributed by atoms with Gasteiger partial charge < -0.3 is 14.8 Å². The fraction of sp³-hybridized carbons (Fsp3) is 0.480. The van der Waals surface area contributed by atoms with E-state index in [1.807, 2.05) is 48.8 Å². The van der Waals surface area contributed by atoms with E-state index in [1.54, 1.807) is 17.2 Å². The van der Waals surface area contributed by atoms with E-state index < -0.39 is 0 Å². The van der Waals surface area contributed by atoms with Crippen LogP contribution < -0.4 is 5.32 Å². The highest BCUT2D eigenvalue weighted by Gasteiger charge is 2.22. The van der Waals surface area contributed by atoms with Crippen molar-refractivity contribution in [2.45, 2.75) is 65.6 Å². The minimum atomic E-state index is 0.0178. The molecule has 2 aliphatic rings. The monoisotopic (exact) mass is 458 g/mol. The van der Waals surface area contributed by atoms with E-state index in [0.717, 1.165) is 36.5 Å². The van der Waals surface area contributed by atoms with Gasteiger partial charge in [0.25, 0.3) is 0 Å². The maximum absolute atomic E-state index is 12.2. The SMILES string of the molecule is CC.CCc1ccccc1Cl.O=Cc1cnc2n1CCN(C(=O)/C=C/[C@@H]1CCCCN1)C2. The van der Waals surface area contributed by atoms with Gasteiger partial charge in [0.05, 0.1) is 12.7 Å². The molecular weight excluding hydrogens is 424 g/mol. The van der Waals surface area contributed by atoms with E-state index in [-0.39, 0.29) is 5.91 Å². The Hall–Kier alpha value is -2.44. The first-order valence-corrected chi connectivity index (χ1v) is 11.9. The van der Waals surface area contributed by atoms with Crippen molar-refractivity contribution in [1.29, 1.82) is 0 Å². The van der Waals surface area contributed by atoms with Crippen LogP contribution in [0.2, 0.25) is 5.02 Å². The van der Waals surface area contributed by atoms with E-state index in [2.05, 4.69) is 17.2 Å². The third kappa shape index (κ3) is 7.31. The number of aryl methyl sites for hydroxylation is 1. The first-order valence-electron chi connectivity index (χ1n) is 11.6. The molecule has 0 radical (unpaired) electrons. The van der Waals surface area contributed by atoms with Crippen molar-refractivity contribution in [1.82, 2.24) is 19.8 Å². The van der Waals surface area contributed by atoms with Gasteiger partial charge in [-0.2, -0.15) is 0 Å². The lowest BCUT2D eigenvalue weighted by Crippen LogP contribution is -2.38. The summed E-state index contributed by atoms with van der Waals surface area (Å²) in [5, 5.41) is 4.27. The number of rotatable bonds is 4. The number of carbonyl (C=O) groups is 2. The second-order valence-electron chi connectivity index (χ2n) is 7.49. The van der Waals surface area contributed by atoms with Crippen LogP contribution in [0.3, 0.4) is 0 Å². The third-order valence-corrected chi connectivity index (χ3v) is 5.85. The Kier molecular flexibility index (Phi) is 11.2. The van der Waals surface area contributed by atoms with E-state index in [4.69, 9.17) is 11.6 Å². The number of nitrogens with zero attached hydrogens (tertiary/aromatic N) is 3. The summed E-state index contributed by atoms with van der Waals surface area (Å²) in [6.07, 6.45) is 10.6. The van der Waals surface area contributed by atoms with Gasteiger partial charge in [0.15, 0.2) is 6.29 Å². The highest BCUT2D eigenvalue weighted by molar-refractivity contribution is 6.31. The number of piperidine rings is 1. The predicted molar refractivity (Wildman–Crippen MR) is 130 cm³/mol. The van der Waals surface area contributed by atoms with E-state index in [1.165, 1.54) is 18.4 Å². The number of halogens is 1. The summed E-state index contributed by atoms with van der Waals surface area (Å²) in [5.41, 5.74) is 1.80. The van der Waals surface area contributed by atoms with Crippen molar-refractivity contribution in [3.8, 4) is 0 Å². The minimum Gasteiger partial charge on any atom is -0.330 e. The lowest BCUT2D eigenvalue weighted by Gasteiger charge is -2.27. The molecule has 0 unspecified atom stereocenters. The topological polar surface area (TPSA) is 67.2 Å². The molecule has 1 saturated heterocycles. The van der Waals surface area contributed by atoms with Crippen LogP contribution in [0.25, 0.3) is 0 Å². The largest absolute Gasteiger partial charge is 0.330 e. The number of hydrogen-bond acceptors (Lipinski definition) is 4. The Morgan fingerprint density at radius 1 is 1.25 bits per heavy atom. The molecule has 2 aromatic rings. The summed E-state index contributed by atoms with van der Waals surface area (Å²) in [7, 11) is 0. The quantitative estimate of drug-likeness (QED) is 0.534. The smallest absolute Gasteiger partial charge is 0.246 e. The first-order chi connectivity index (χ1) is 15.6. The van der Waals surface area contributed by atoms with E-state index in [0.29, 0.717) is 31.4 Å². The van der Waals surface area contributed by atoms with Crippen LogP contribution in [0.5, 0.6) is 0 Å². The number of carbonyl (C=O) groups excluding carboxylic acids is 2. The van der Waals surface area contributed by atoms with Crippen LogP contribution in [0.4, 0.5) is 0 Å². The minimum absolute atomic E-state index is 0.0178. The van der Waals surface area contributed by atoms with Gasteiger partial charge in [-0.15, -0.1) is 0 Å². The standard InChI is InChI=1S/C15H20N4O2.C8H9Cl.C2H6/c20-11-13-9-17-14-10-18(7-8-19(13)14)15(21)5-4-12-3-1-2-6-16-12;1-2-7-5-3-4-6-8(7)9;1-2/h4-5,9,11-12,16H,1-3,6-8,10H2;3-6H,2H2,1H3;1-2H3/b5-4+;;/t12-;;/m0../s1. The van der Waals surface area contributed by atoms with Crippen LogP contribution in [-0.4, -0.2) is 45.8 Å². The van der Waals surface area contributed by atoms with Crippen LogP contribution in [0.1, 0.15) is 61.9 Å². The van der Waals surface area contributed by atoms with E-state index in [9.17, 15) is 9.59 Å². The Labute approximate surface area is 196 Å². The lowest BCUT2D eigenvalue weighted by atomic mass is 10.0. The first kappa shape index (κ1) is 25.8. The second-order valence-corrected chi connectivity index (χ2v) is 7.90. The van der Waals surface area contributed by atoms with Crippen LogP contribution in [0.15, 0.2) is 42.6 Å². The van der Waals surface area contributed by atoms with Gasteiger partial charge in [-0.1, -0.05) is 63.1 Å². The fourth-order valence-electron chi connectivity index (χ4n) is 3.70. The summed E-state index contributed by atoms with van der Waals surface area (Å²) in [5.74, 6) is 0.796. The molecule has 0 bridgehead atoms. The zero-order chi connectivity index (χ0) is 23.3. The number of imidazole rings is 1. The number of aldehydes is 1. The fourth-order valence-corrected chi connectivity index (χ4v) is 3.97. The van der Waals surface area contributed by atoms with Gasteiger partial charge >= 0.3 is 0 Å². The van der Waals surface area contributed by atoms with Crippen LogP contribution in [-0.2, 0) is 24.3 Å². The Morgan fingerprint density at radius 2 is 2.03 bits per heavy atom. The maximum Gasteiger partial charge on any atom is 0.246 e. The molecular formula is C25H35ClN4O2. The molecule has 3 heterocycles. The average Bonchev–Trinajstić information content (AvgIpc) is 3.27. The van der Waals surface area contributed by atoms with Gasteiger partial charge in [0, 0.05) is 30.2 Å². The normalized spacial score (nSPS) is 17.5. The zero-order valence-electron chi connectivity index (χ0n) is 19.4. The van der Waals surface area contributed by atoms with Crippen molar-refractivity contribution in [2.75, 3.05) is 13.1 Å². The molecule has 2 aliphatic heterocycles. The molecule has 0 spiro atoms. The highest BCUT2D eigenvalue weighted by Crippen LogP contribution is 2.15. The molecule has 1 fully saturated rings. The number of amides is 1. The van der Waals surface area contributed by atoms with Gasteiger partial charge in [-0.3, -0.25) is 9.59 Å². The Morgan fingerprint density at radius 3 is 2.66 bits per heavy atom. The Balaban J connectivity index is 0.000000277. The molecule has 6 nitrogen and oxygen atoms in total. The summed E-state index contributed by atoms with van der Waals surface area (Å²) in [4.78, 5) is 29.1. The third-order valence-electron chi connectivity index (χ3n) is 5.49. The van der Waals surface area contributed by atoms with Crippen LogP contribution >= 0.6 is 11.6 Å². The molecule has 32 heavy (non-hydrogen) atoms. The molecule has 1 atom stereocenters. The maximum atomic E-state index is 12.2. The molecule has 0 aliphatic carbocycles. The number of nitrogens with one attached hydrogen (secondary N) is 1. The molecule has 1 aromatic carbocycles. The van der Waals surface area contributed by atoms with Crippen molar-refractivity contribution < 1.29 is 9.59 Å². The number of benzene rings is 1. The van der Waals surface area contributed by atoms with Crippen molar-refractivity contribution in [3.05, 3.63) is 64.7 Å². The summed E-state index contributed by atoms with van der Waals surface area (Å²) >= 11 is 5.82. The summed E-state index contributed by atoms with van der Waals surface area (Å²) < 4.78 is 1.88. The summed E-state index contributed by atoms with van der Waals surface area (Å²) in [6, 6.07) is 8.23. The van der Waals surface area contributed by atoms with Gasteiger partial charge in [0.2, 0.25) is 5.91 Å². The van der Waals surface area contributed by atoms with E-state index >= 15 is 0 Å². The lowest BCUT2D eigenvalue weighted by molar-refractivity contribution is -0.127. The number of aromatic nitrogens is 2. The van der Waals surface area contributed by atoms with Crippen LogP contribution in [0, 0.1) is 0 Å².